The summed E-state index contributed by atoms with van der Waals surface area (Å²) >= 11 is 4.90. The second-order valence-corrected chi connectivity index (χ2v) is 2.91. The number of hydrogen-bond acceptors (Lipinski definition) is 1. The molecule has 0 spiro atoms. The Hall–Kier alpha value is -0.250. The van der Waals surface area contributed by atoms with Crippen LogP contribution in [0.15, 0.2) is 0 Å². The molecule has 0 aromatic carbocycles. The molecule has 0 N–H and O–H groups in total. The molecule has 1 unspecified atom stereocenters. The van der Waals surface area contributed by atoms with Crippen LogP contribution < -0.4 is 0 Å². The molecular weight excluding hydrogens is 181 g/mol. The van der Waals surface area contributed by atoms with Crippen molar-refractivity contribution in [3.63, 3.8) is 0 Å². The van der Waals surface area contributed by atoms with E-state index >= 15 is 0 Å². The summed E-state index contributed by atoms with van der Waals surface area (Å²) < 4.78 is 34.8. The van der Waals surface area contributed by atoms with E-state index in [2.05, 4.69) is 0 Å². The third-order valence-corrected chi connectivity index (χ3v) is 1.24. The fraction of sp³-hybridized carbons (Fsp3) is 0.833. The number of alkyl halides is 3. The fourth-order valence-corrected chi connectivity index (χ4v) is 1.00. The van der Waals surface area contributed by atoms with Crippen molar-refractivity contribution in [2.24, 2.45) is 5.92 Å². The molecule has 1 atom stereocenters. The first-order valence-electron chi connectivity index (χ1n) is 3.06. The van der Waals surface area contributed by atoms with Crippen molar-refractivity contribution < 1.29 is 18.0 Å². The molecule has 0 saturated carbocycles. The molecule has 0 fully saturated rings. The summed E-state index contributed by atoms with van der Waals surface area (Å²) in [5.74, 6) is -0.722. The minimum Gasteiger partial charge on any atom is -0.281 e. The van der Waals surface area contributed by atoms with Gasteiger partial charge in [0.2, 0.25) is 5.24 Å². The lowest BCUT2D eigenvalue weighted by atomic mass is 10.1. The summed E-state index contributed by atoms with van der Waals surface area (Å²) in [5.41, 5.74) is 0. The summed E-state index contributed by atoms with van der Waals surface area (Å²) in [5, 5.41) is -0.721. The van der Waals surface area contributed by atoms with E-state index in [1.54, 1.807) is 0 Å². The molecule has 66 valence electrons. The lowest BCUT2D eigenvalue weighted by Crippen LogP contribution is -2.14. The number of carbonyl (C=O) groups excluding carboxylic acids is 1. The third kappa shape index (κ3) is 7.65. The summed E-state index contributed by atoms with van der Waals surface area (Å²) in [6, 6.07) is 0. The maximum atomic E-state index is 11.6. The highest BCUT2D eigenvalue weighted by Gasteiger charge is 2.30. The number of carbonyl (C=O) groups is 1. The Morgan fingerprint density at radius 1 is 1.55 bits per heavy atom. The van der Waals surface area contributed by atoms with E-state index in [-0.39, 0.29) is 6.42 Å². The van der Waals surface area contributed by atoms with E-state index in [9.17, 15) is 18.0 Å². The SMILES string of the molecule is CC(CC(=O)Cl)CC(F)(F)F. The lowest BCUT2D eigenvalue weighted by Gasteiger charge is -2.10. The highest BCUT2D eigenvalue weighted by Crippen LogP contribution is 2.26. The Bertz CT molecular complexity index is 143. The smallest absolute Gasteiger partial charge is 0.281 e. The van der Waals surface area contributed by atoms with Gasteiger partial charge in [-0.2, -0.15) is 13.2 Å². The zero-order valence-electron chi connectivity index (χ0n) is 5.91. The monoisotopic (exact) mass is 188 g/mol. The van der Waals surface area contributed by atoms with E-state index < -0.39 is 23.8 Å². The van der Waals surface area contributed by atoms with E-state index in [1.807, 2.05) is 0 Å². The van der Waals surface area contributed by atoms with E-state index in [0.29, 0.717) is 0 Å². The second kappa shape index (κ2) is 3.95. The average Bonchev–Trinajstić information content (AvgIpc) is 1.53. The molecule has 0 aliphatic heterocycles. The number of hydrogen-bond donors (Lipinski definition) is 0. The van der Waals surface area contributed by atoms with Gasteiger partial charge >= 0.3 is 6.18 Å². The number of halogens is 4. The largest absolute Gasteiger partial charge is 0.389 e. The van der Waals surface area contributed by atoms with E-state index in [4.69, 9.17) is 11.6 Å². The zero-order chi connectivity index (χ0) is 9.07. The minimum atomic E-state index is -4.20. The molecule has 0 aromatic rings. The molecule has 0 rings (SSSR count). The van der Waals surface area contributed by atoms with Crippen molar-refractivity contribution in [2.75, 3.05) is 0 Å². The molecule has 11 heavy (non-hydrogen) atoms. The fourth-order valence-electron chi connectivity index (χ4n) is 0.741. The van der Waals surface area contributed by atoms with Crippen molar-refractivity contribution in [3.8, 4) is 0 Å². The molecule has 0 saturated heterocycles. The highest BCUT2D eigenvalue weighted by molar-refractivity contribution is 6.63. The molecule has 0 heterocycles. The molecular formula is C6H8ClF3O. The molecule has 0 aliphatic carbocycles. The van der Waals surface area contributed by atoms with Gasteiger partial charge in [0, 0.05) is 12.8 Å². The molecule has 0 radical (unpaired) electrons. The van der Waals surface area contributed by atoms with Gasteiger partial charge in [0.15, 0.2) is 0 Å². The normalized spacial score (nSPS) is 14.6. The molecule has 0 aliphatic rings. The Labute approximate surface area is 67.5 Å². The van der Waals surface area contributed by atoms with Gasteiger partial charge in [-0.3, -0.25) is 4.79 Å². The standard InChI is InChI=1S/C6H8ClF3O/c1-4(2-5(7)11)3-6(8,9)10/h4H,2-3H2,1H3. The van der Waals surface area contributed by atoms with Crippen LogP contribution in [0.1, 0.15) is 19.8 Å². The first kappa shape index (κ1) is 10.8. The predicted octanol–water partition coefficient (Wildman–Crippen LogP) is 2.73. The van der Waals surface area contributed by atoms with Crippen LogP contribution in [-0.2, 0) is 4.79 Å². The van der Waals surface area contributed by atoms with Crippen LogP contribution in [0.25, 0.3) is 0 Å². The summed E-state index contributed by atoms with van der Waals surface area (Å²) in [6.07, 6.45) is -5.38. The third-order valence-electron chi connectivity index (χ3n) is 1.09. The predicted molar refractivity (Wildman–Crippen MR) is 35.3 cm³/mol. The van der Waals surface area contributed by atoms with E-state index in [0.717, 1.165) is 0 Å². The lowest BCUT2D eigenvalue weighted by molar-refractivity contribution is -0.144. The first-order chi connectivity index (χ1) is 4.81. The highest BCUT2D eigenvalue weighted by atomic mass is 35.5. The van der Waals surface area contributed by atoms with Gasteiger partial charge in [0.05, 0.1) is 0 Å². The average molecular weight is 189 g/mol. The zero-order valence-corrected chi connectivity index (χ0v) is 6.67. The van der Waals surface area contributed by atoms with E-state index in [1.165, 1.54) is 6.92 Å². The Kier molecular flexibility index (Phi) is 3.86. The molecule has 0 bridgehead atoms. The maximum absolute atomic E-state index is 11.6. The van der Waals surface area contributed by atoms with Gasteiger partial charge in [0.1, 0.15) is 0 Å². The van der Waals surface area contributed by atoms with Crippen molar-refractivity contribution >= 4 is 16.8 Å². The molecule has 0 aromatic heterocycles. The molecule has 1 nitrogen and oxygen atoms in total. The van der Waals surface area contributed by atoms with Gasteiger partial charge in [-0.25, -0.2) is 0 Å². The first-order valence-corrected chi connectivity index (χ1v) is 3.44. The van der Waals surface area contributed by atoms with Crippen LogP contribution in [0.5, 0.6) is 0 Å². The van der Waals surface area contributed by atoms with Gasteiger partial charge in [-0.05, 0) is 17.5 Å². The quantitative estimate of drug-likeness (QED) is 0.623. The van der Waals surface area contributed by atoms with Gasteiger partial charge in [0.25, 0.3) is 0 Å². The minimum absolute atomic E-state index is 0.221. The van der Waals surface area contributed by atoms with Crippen molar-refractivity contribution in [1.82, 2.24) is 0 Å². The second-order valence-electron chi connectivity index (χ2n) is 2.48. The summed E-state index contributed by atoms with van der Waals surface area (Å²) in [7, 11) is 0. The van der Waals surface area contributed by atoms with Crippen LogP contribution >= 0.6 is 11.6 Å². The molecule has 0 amide bonds. The topological polar surface area (TPSA) is 17.1 Å². The Balaban J connectivity index is 3.69. The summed E-state index contributed by atoms with van der Waals surface area (Å²) in [6.45, 7) is 1.34. The maximum Gasteiger partial charge on any atom is 0.389 e. The van der Waals surface area contributed by atoms with Gasteiger partial charge < -0.3 is 0 Å². The van der Waals surface area contributed by atoms with Crippen LogP contribution in [0.3, 0.4) is 0 Å². The van der Waals surface area contributed by atoms with Crippen molar-refractivity contribution in [1.29, 1.82) is 0 Å². The Morgan fingerprint density at radius 2 is 2.00 bits per heavy atom. The number of rotatable bonds is 3. The van der Waals surface area contributed by atoms with Gasteiger partial charge in [-0.15, -0.1) is 0 Å². The molecule has 5 heteroatoms. The Morgan fingerprint density at radius 3 is 2.27 bits per heavy atom. The van der Waals surface area contributed by atoms with Crippen LogP contribution in [0.4, 0.5) is 13.2 Å². The van der Waals surface area contributed by atoms with Crippen LogP contribution in [-0.4, -0.2) is 11.4 Å². The summed E-state index contributed by atoms with van der Waals surface area (Å²) in [4.78, 5) is 10.1. The van der Waals surface area contributed by atoms with Crippen LogP contribution in [0.2, 0.25) is 0 Å². The van der Waals surface area contributed by atoms with Crippen molar-refractivity contribution in [2.45, 2.75) is 25.9 Å². The van der Waals surface area contributed by atoms with Crippen LogP contribution in [0, 0.1) is 5.92 Å². The van der Waals surface area contributed by atoms with Crippen molar-refractivity contribution in [3.05, 3.63) is 0 Å². The van der Waals surface area contributed by atoms with Gasteiger partial charge in [-0.1, -0.05) is 6.92 Å².